The molecule has 1 aromatic heterocycles. The van der Waals surface area contributed by atoms with Crippen molar-refractivity contribution in [3.63, 3.8) is 0 Å². The average Bonchev–Trinajstić information content (AvgIpc) is 3.42. The number of carbonyl (C=O) groups is 4. The molecule has 44 heavy (non-hydrogen) atoms. The molecule has 13 heteroatoms. The number of aromatic hydroxyl groups is 1. The Morgan fingerprint density at radius 2 is 1.52 bits per heavy atom. The molecule has 0 saturated heterocycles. The number of H-pyrrole nitrogens is 1. The Labute approximate surface area is 260 Å². The Kier molecular flexibility index (Phi) is 13.5. The van der Waals surface area contributed by atoms with E-state index in [0.29, 0.717) is 37.1 Å². The summed E-state index contributed by atoms with van der Waals surface area (Å²) in [5, 5.41) is 28.4. The molecule has 10 N–H and O–H groups in total. The van der Waals surface area contributed by atoms with Crippen molar-refractivity contribution in [3.05, 3.63) is 65.9 Å². The van der Waals surface area contributed by atoms with Crippen molar-refractivity contribution in [1.82, 2.24) is 20.9 Å². The van der Waals surface area contributed by atoms with Gasteiger partial charge in [0.05, 0.1) is 6.04 Å². The molecule has 3 rings (SSSR count). The van der Waals surface area contributed by atoms with Gasteiger partial charge in [-0.3, -0.25) is 14.4 Å². The maximum atomic E-state index is 13.7. The van der Waals surface area contributed by atoms with Crippen LogP contribution >= 0.6 is 11.8 Å². The summed E-state index contributed by atoms with van der Waals surface area (Å²) in [6.45, 7) is 0.491. The minimum absolute atomic E-state index is 0.0331. The van der Waals surface area contributed by atoms with E-state index in [1.165, 1.54) is 23.9 Å². The smallest absolute Gasteiger partial charge is 0.326 e. The van der Waals surface area contributed by atoms with E-state index in [9.17, 15) is 29.4 Å². The second-order valence-electron chi connectivity index (χ2n) is 10.6. The molecule has 3 aromatic rings. The van der Waals surface area contributed by atoms with E-state index in [2.05, 4.69) is 20.9 Å². The van der Waals surface area contributed by atoms with Gasteiger partial charge >= 0.3 is 5.97 Å². The van der Waals surface area contributed by atoms with Crippen LogP contribution in [0.25, 0.3) is 10.9 Å². The minimum Gasteiger partial charge on any atom is -0.508 e. The van der Waals surface area contributed by atoms with Crippen LogP contribution in [0.2, 0.25) is 0 Å². The van der Waals surface area contributed by atoms with Crippen molar-refractivity contribution in [2.75, 3.05) is 18.6 Å². The van der Waals surface area contributed by atoms with E-state index < -0.39 is 47.9 Å². The summed E-state index contributed by atoms with van der Waals surface area (Å²) in [5.41, 5.74) is 13.8. The first kappa shape index (κ1) is 34.4. The zero-order valence-electron chi connectivity index (χ0n) is 24.8. The lowest BCUT2D eigenvalue weighted by Gasteiger charge is -2.25. The summed E-state index contributed by atoms with van der Waals surface area (Å²) in [6, 6.07) is 9.28. The summed E-state index contributed by atoms with van der Waals surface area (Å²) in [7, 11) is 0. The molecule has 0 radical (unpaired) electrons. The second kappa shape index (κ2) is 17.3. The van der Waals surface area contributed by atoms with Crippen LogP contribution in [0.4, 0.5) is 0 Å². The highest BCUT2D eigenvalue weighted by molar-refractivity contribution is 7.98. The first-order valence-electron chi connectivity index (χ1n) is 14.5. The summed E-state index contributed by atoms with van der Waals surface area (Å²) in [6.07, 6.45) is 5.77. The molecule has 3 amide bonds. The summed E-state index contributed by atoms with van der Waals surface area (Å²) in [4.78, 5) is 55.4. The monoisotopic (exact) mass is 626 g/mol. The number of aliphatic carboxylic acids is 1. The number of carboxylic acids is 1. The van der Waals surface area contributed by atoms with Crippen molar-refractivity contribution in [2.24, 2.45) is 11.5 Å². The zero-order chi connectivity index (χ0) is 32.1. The van der Waals surface area contributed by atoms with Gasteiger partial charge in [-0.2, -0.15) is 11.8 Å². The van der Waals surface area contributed by atoms with Gasteiger partial charge in [0.25, 0.3) is 0 Å². The number of phenolic OH excluding ortho intramolecular Hbond substituents is 1. The lowest BCUT2D eigenvalue weighted by atomic mass is 10.0. The van der Waals surface area contributed by atoms with Crippen LogP contribution in [0.1, 0.15) is 36.8 Å². The van der Waals surface area contributed by atoms with E-state index in [-0.39, 0.29) is 18.6 Å². The number of aromatic nitrogens is 1. The molecule has 2 aromatic carbocycles. The van der Waals surface area contributed by atoms with Crippen molar-refractivity contribution < 1.29 is 29.4 Å². The maximum absolute atomic E-state index is 13.7. The fraction of sp³-hybridized carbons (Fsp3) is 0.419. The number of unbranched alkanes of at least 4 members (excludes halogenated alkanes) is 1. The number of carboxylic acid groups (broad SMARTS) is 1. The lowest BCUT2D eigenvalue weighted by molar-refractivity contribution is -0.142. The van der Waals surface area contributed by atoms with E-state index in [1.807, 2.05) is 30.5 Å². The van der Waals surface area contributed by atoms with E-state index in [0.717, 1.165) is 22.9 Å². The summed E-state index contributed by atoms with van der Waals surface area (Å²) >= 11 is 1.50. The first-order chi connectivity index (χ1) is 21.1. The number of nitrogens with two attached hydrogens (primary N) is 2. The highest BCUT2D eigenvalue weighted by atomic mass is 32.2. The number of phenols is 1. The van der Waals surface area contributed by atoms with Gasteiger partial charge in [-0.1, -0.05) is 36.8 Å². The maximum Gasteiger partial charge on any atom is 0.326 e. The van der Waals surface area contributed by atoms with Crippen LogP contribution in [0.3, 0.4) is 0 Å². The van der Waals surface area contributed by atoms with Gasteiger partial charge in [-0.25, -0.2) is 4.79 Å². The normalized spacial score (nSPS) is 13.9. The molecule has 12 nitrogen and oxygen atoms in total. The van der Waals surface area contributed by atoms with Crippen LogP contribution in [-0.4, -0.2) is 81.6 Å². The van der Waals surface area contributed by atoms with Crippen LogP contribution < -0.4 is 27.4 Å². The Balaban J connectivity index is 1.82. The number of amides is 3. The Bertz CT molecular complexity index is 1400. The molecule has 238 valence electrons. The Morgan fingerprint density at radius 3 is 2.20 bits per heavy atom. The van der Waals surface area contributed by atoms with Gasteiger partial charge in [0.2, 0.25) is 17.7 Å². The number of rotatable bonds is 18. The molecular formula is C31H42N6O6S. The third-order valence-electron chi connectivity index (χ3n) is 7.27. The highest BCUT2D eigenvalue weighted by Gasteiger charge is 2.31. The summed E-state index contributed by atoms with van der Waals surface area (Å²) in [5.74, 6) is -2.40. The fourth-order valence-corrected chi connectivity index (χ4v) is 5.24. The van der Waals surface area contributed by atoms with Crippen LogP contribution in [0.5, 0.6) is 5.75 Å². The number of aromatic amines is 1. The topological polar surface area (TPSA) is 213 Å². The number of carbonyl (C=O) groups excluding carboxylic acids is 3. The number of nitrogens with one attached hydrogen (secondary N) is 4. The fourth-order valence-electron chi connectivity index (χ4n) is 4.77. The third kappa shape index (κ3) is 10.3. The minimum atomic E-state index is -1.30. The van der Waals surface area contributed by atoms with E-state index in [1.54, 1.807) is 18.3 Å². The van der Waals surface area contributed by atoms with Gasteiger partial charge in [-0.15, -0.1) is 0 Å². The van der Waals surface area contributed by atoms with Gasteiger partial charge < -0.3 is 42.6 Å². The molecular weight excluding hydrogens is 584 g/mol. The average molecular weight is 627 g/mol. The lowest BCUT2D eigenvalue weighted by Crippen LogP contribution is -2.58. The van der Waals surface area contributed by atoms with Crippen LogP contribution in [-0.2, 0) is 32.0 Å². The molecule has 0 aliphatic carbocycles. The largest absolute Gasteiger partial charge is 0.508 e. The van der Waals surface area contributed by atoms with Gasteiger partial charge in [0, 0.05) is 29.9 Å². The first-order valence-corrected chi connectivity index (χ1v) is 15.9. The van der Waals surface area contributed by atoms with E-state index >= 15 is 0 Å². The summed E-state index contributed by atoms with van der Waals surface area (Å²) < 4.78 is 0. The molecule has 0 aliphatic rings. The van der Waals surface area contributed by atoms with Gasteiger partial charge in [-0.05, 0) is 67.1 Å². The third-order valence-corrected chi connectivity index (χ3v) is 7.92. The zero-order valence-corrected chi connectivity index (χ0v) is 25.6. The van der Waals surface area contributed by atoms with Gasteiger partial charge in [0.15, 0.2) is 0 Å². The second-order valence-corrected chi connectivity index (χ2v) is 11.6. The van der Waals surface area contributed by atoms with Crippen molar-refractivity contribution in [2.45, 2.75) is 62.7 Å². The predicted molar refractivity (Wildman–Crippen MR) is 171 cm³/mol. The molecule has 0 spiro atoms. The van der Waals surface area contributed by atoms with E-state index in [4.69, 9.17) is 11.5 Å². The number of hydrogen-bond donors (Lipinski definition) is 8. The highest BCUT2D eigenvalue weighted by Crippen LogP contribution is 2.20. The molecule has 0 aliphatic heterocycles. The quantitative estimate of drug-likeness (QED) is 0.0957. The molecule has 0 saturated carbocycles. The number of benzene rings is 2. The SMILES string of the molecule is CSCCC(NC(=O)C(N)CCCCN)C(=O)NC(Cc1c[nH]c2ccccc12)C(=O)NC(Cc1ccc(O)cc1)C(=O)O. The number of fused-ring (bicyclic) bond motifs is 1. The van der Waals surface area contributed by atoms with Gasteiger partial charge in [0.1, 0.15) is 23.9 Å². The number of hydrogen-bond acceptors (Lipinski definition) is 8. The molecule has 4 atom stereocenters. The predicted octanol–water partition coefficient (Wildman–Crippen LogP) is 1.41. The Hall–Kier alpha value is -4.07. The Morgan fingerprint density at radius 1 is 0.864 bits per heavy atom. The van der Waals surface area contributed by atoms with Crippen molar-refractivity contribution in [3.8, 4) is 5.75 Å². The van der Waals surface area contributed by atoms with Crippen LogP contribution in [0, 0.1) is 0 Å². The standard InChI is InChI=1S/C31H42N6O6S/c1-44-15-13-25(35-28(39)23(33)7-4-5-14-32)29(40)36-26(17-20-18-34-24-8-3-2-6-22(20)24)30(41)37-27(31(42)43)16-19-9-11-21(38)12-10-19/h2-3,6,8-12,18,23,25-27,34,38H,4-5,7,13-17,32-33H2,1H3,(H,35,39)(H,36,40)(H,37,41)(H,42,43). The van der Waals surface area contributed by atoms with Crippen LogP contribution in [0.15, 0.2) is 54.7 Å². The molecule has 0 fully saturated rings. The van der Waals surface area contributed by atoms with Crippen molar-refractivity contribution in [1.29, 1.82) is 0 Å². The molecule has 4 unspecified atom stereocenters. The molecule has 1 heterocycles. The van der Waals surface area contributed by atoms with Crippen molar-refractivity contribution >= 4 is 46.4 Å². The number of para-hydroxylation sites is 1. The molecule has 0 bridgehead atoms. The number of thioether (sulfide) groups is 1.